The van der Waals surface area contributed by atoms with Gasteiger partial charge >= 0.3 is 0 Å². The van der Waals surface area contributed by atoms with Crippen molar-refractivity contribution < 1.29 is 0 Å². The smallest absolute Gasteiger partial charge is 0.0717 e. The molecule has 8 rings (SSSR count). The Morgan fingerprint density at radius 1 is 0.357 bits per heavy atom. The van der Waals surface area contributed by atoms with Crippen LogP contribution < -0.4 is 0 Å². The second kappa shape index (κ2) is 10.1. The van der Waals surface area contributed by atoms with Gasteiger partial charge in [-0.1, -0.05) is 78.9 Å². The zero-order valence-electron chi connectivity index (χ0n) is 22.8. The van der Waals surface area contributed by atoms with Crippen molar-refractivity contribution in [1.29, 1.82) is 0 Å². The van der Waals surface area contributed by atoms with Gasteiger partial charge in [-0.2, -0.15) is 0 Å². The van der Waals surface area contributed by atoms with Gasteiger partial charge in [-0.15, -0.1) is 0 Å². The number of aromatic nitrogens is 3. The van der Waals surface area contributed by atoms with Crippen molar-refractivity contribution in [3.05, 3.63) is 152 Å². The summed E-state index contributed by atoms with van der Waals surface area (Å²) in [6.07, 6.45) is 7.42. The van der Waals surface area contributed by atoms with E-state index in [9.17, 15) is 0 Å². The Morgan fingerprint density at radius 2 is 0.952 bits per heavy atom. The Morgan fingerprint density at radius 3 is 1.57 bits per heavy atom. The van der Waals surface area contributed by atoms with Crippen LogP contribution in [0.15, 0.2) is 152 Å². The topological polar surface area (TPSA) is 38.7 Å². The number of benzene rings is 5. The molecule has 0 aliphatic heterocycles. The van der Waals surface area contributed by atoms with Crippen molar-refractivity contribution in [3.8, 4) is 44.8 Å². The first-order valence-corrected chi connectivity index (χ1v) is 14.1. The summed E-state index contributed by atoms with van der Waals surface area (Å²) in [6.45, 7) is 0. The van der Waals surface area contributed by atoms with Gasteiger partial charge in [0.15, 0.2) is 0 Å². The molecule has 0 atom stereocenters. The van der Waals surface area contributed by atoms with E-state index >= 15 is 0 Å². The molecule has 3 aromatic heterocycles. The third kappa shape index (κ3) is 4.11. The number of pyridine rings is 3. The second-order valence-electron chi connectivity index (χ2n) is 10.5. The van der Waals surface area contributed by atoms with Gasteiger partial charge in [-0.05, 0) is 103 Å². The molecule has 0 N–H and O–H groups in total. The third-order valence-electron chi connectivity index (χ3n) is 8.05. The summed E-state index contributed by atoms with van der Waals surface area (Å²) in [4.78, 5) is 13.6. The summed E-state index contributed by atoms with van der Waals surface area (Å²) >= 11 is 0. The monoisotopic (exact) mass is 535 g/mol. The SMILES string of the molecule is c1ccc(-c2ccc(-c3c4ccccc4c(-c4ccc5cc(-c6ccncc6)ccc5c4)c4ccccc34)nc2)nc1. The van der Waals surface area contributed by atoms with E-state index in [1.807, 2.05) is 43.0 Å². The molecular formula is C39H25N3. The highest BCUT2D eigenvalue weighted by atomic mass is 14.7. The van der Waals surface area contributed by atoms with Gasteiger partial charge in [-0.3, -0.25) is 15.0 Å². The van der Waals surface area contributed by atoms with Crippen molar-refractivity contribution in [2.45, 2.75) is 0 Å². The van der Waals surface area contributed by atoms with Gasteiger partial charge in [0.25, 0.3) is 0 Å². The average Bonchev–Trinajstić information content (AvgIpc) is 3.07. The van der Waals surface area contributed by atoms with E-state index in [1.54, 1.807) is 0 Å². The number of nitrogens with zero attached hydrogens (tertiary/aromatic N) is 3. The Kier molecular flexibility index (Phi) is 5.79. The molecule has 0 bridgehead atoms. The highest BCUT2D eigenvalue weighted by Crippen LogP contribution is 2.43. The van der Waals surface area contributed by atoms with Crippen LogP contribution in [0, 0.1) is 0 Å². The van der Waals surface area contributed by atoms with Crippen LogP contribution in [0.1, 0.15) is 0 Å². The van der Waals surface area contributed by atoms with Gasteiger partial charge in [-0.25, -0.2) is 0 Å². The van der Waals surface area contributed by atoms with E-state index in [4.69, 9.17) is 4.98 Å². The Bertz CT molecular complexity index is 2170. The van der Waals surface area contributed by atoms with E-state index in [-0.39, 0.29) is 0 Å². The summed E-state index contributed by atoms with van der Waals surface area (Å²) < 4.78 is 0. The van der Waals surface area contributed by atoms with Crippen molar-refractivity contribution in [2.75, 3.05) is 0 Å². The maximum atomic E-state index is 4.96. The van der Waals surface area contributed by atoms with E-state index in [2.05, 4.69) is 119 Å². The first kappa shape index (κ1) is 24.2. The molecule has 0 amide bonds. The van der Waals surface area contributed by atoms with E-state index < -0.39 is 0 Å². The number of hydrogen-bond acceptors (Lipinski definition) is 3. The van der Waals surface area contributed by atoms with Gasteiger partial charge in [0.1, 0.15) is 0 Å². The lowest BCUT2D eigenvalue weighted by Gasteiger charge is -2.17. The largest absolute Gasteiger partial charge is 0.265 e. The molecule has 0 aliphatic rings. The maximum Gasteiger partial charge on any atom is 0.0717 e. The van der Waals surface area contributed by atoms with Crippen molar-refractivity contribution in [3.63, 3.8) is 0 Å². The molecule has 196 valence electrons. The quantitative estimate of drug-likeness (QED) is 0.211. The summed E-state index contributed by atoms with van der Waals surface area (Å²) in [5.74, 6) is 0. The van der Waals surface area contributed by atoms with E-state index in [0.717, 1.165) is 22.5 Å². The Hall–Kier alpha value is -5.67. The number of fused-ring (bicyclic) bond motifs is 3. The van der Waals surface area contributed by atoms with Crippen molar-refractivity contribution in [2.24, 2.45) is 0 Å². The molecule has 0 aliphatic carbocycles. The maximum absolute atomic E-state index is 4.96. The first-order chi connectivity index (χ1) is 20.8. The number of hydrogen-bond donors (Lipinski definition) is 0. The summed E-state index contributed by atoms with van der Waals surface area (Å²) in [5, 5.41) is 7.25. The van der Waals surface area contributed by atoms with Gasteiger partial charge in [0.05, 0.1) is 11.4 Å². The zero-order valence-corrected chi connectivity index (χ0v) is 22.8. The minimum atomic E-state index is 0.922. The predicted molar refractivity (Wildman–Crippen MR) is 174 cm³/mol. The minimum Gasteiger partial charge on any atom is -0.265 e. The van der Waals surface area contributed by atoms with Crippen LogP contribution in [0.2, 0.25) is 0 Å². The average molecular weight is 536 g/mol. The zero-order chi connectivity index (χ0) is 27.9. The van der Waals surface area contributed by atoms with Gasteiger partial charge < -0.3 is 0 Å². The lowest BCUT2D eigenvalue weighted by molar-refractivity contribution is 1.28. The standard InChI is InChI=1S/C39H25N3/c1-3-9-34-32(7-1)38(30-15-14-28-23-27(12-13-29(28)24-30)26-18-21-40-22-19-26)33-8-2-4-10-35(33)39(34)37-17-16-31(25-42-37)36-11-5-6-20-41-36/h1-25H. The predicted octanol–water partition coefficient (Wildman–Crippen LogP) is 10.00. The van der Waals surface area contributed by atoms with Gasteiger partial charge in [0.2, 0.25) is 0 Å². The van der Waals surface area contributed by atoms with Crippen LogP contribution in [0.25, 0.3) is 77.1 Å². The second-order valence-corrected chi connectivity index (χ2v) is 10.5. The Balaban J connectivity index is 1.31. The molecule has 0 radical (unpaired) electrons. The van der Waals surface area contributed by atoms with Crippen LogP contribution >= 0.6 is 0 Å². The molecule has 8 aromatic rings. The van der Waals surface area contributed by atoms with Gasteiger partial charge in [0, 0.05) is 35.9 Å². The number of rotatable bonds is 4. The summed E-state index contributed by atoms with van der Waals surface area (Å²) in [6, 6.07) is 45.2. The lowest BCUT2D eigenvalue weighted by Crippen LogP contribution is -1.93. The van der Waals surface area contributed by atoms with Crippen molar-refractivity contribution in [1.82, 2.24) is 15.0 Å². The molecule has 3 heteroatoms. The molecule has 5 aromatic carbocycles. The molecular weight excluding hydrogens is 510 g/mol. The Labute approximate surface area is 243 Å². The fourth-order valence-electron chi connectivity index (χ4n) is 6.07. The van der Waals surface area contributed by atoms with Crippen LogP contribution in [-0.4, -0.2) is 15.0 Å². The molecule has 3 heterocycles. The fourth-order valence-corrected chi connectivity index (χ4v) is 6.07. The van der Waals surface area contributed by atoms with Crippen LogP contribution in [0.3, 0.4) is 0 Å². The van der Waals surface area contributed by atoms with Crippen LogP contribution in [0.5, 0.6) is 0 Å². The molecule has 0 saturated carbocycles. The van der Waals surface area contributed by atoms with Crippen molar-refractivity contribution >= 4 is 32.3 Å². The van der Waals surface area contributed by atoms with E-state index in [0.29, 0.717) is 0 Å². The molecule has 0 spiro atoms. The van der Waals surface area contributed by atoms with Crippen LogP contribution in [0.4, 0.5) is 0 Å². The highest BCUT2D eigenvalue weighted by molar-refractivity contribution is 6.21. The minimum absolute atomic E-state index is 0.922. The highest BCUT2D eigenvalue weighted by Gasteiger charge is 2.17. The fraction of sp³-hybridized carbons (Fsp3) is 0. The molecule has 42 heavy (non-hydrogen) atoms. The molecule has 3 nitrogen and oxygen atoms in total. The summed E-state index contributed by atoms with van der Waals surface area (Å²) in [5.41, 5.74) is 8.85. The normalized spacial score (nSPS) is 11.3. The molecule has 0 fully saturated rings. The first-order valence-electron chi connectivity index (χ1n) is 14.1. The van der Waals surface area contributed by atoms with Crippen LogP contribution in [-0.2, 0) is 0 Å². The molecule has 0 unspecified atom stereocenters. The molecule has 0 saturated heterocycles. The lowest BCUT2D eigenvalue weighted by atomic mass is 9.86. The van der Waals surface area contributed by atoms with E-state index in [1.165, 1.54) is 54.6 Å². The summed E-state index contributed by atoms with van der Waals surface area (Å²) in [7, 11) is 0. The third-order valence-corrected chi connectivity index (χ3v) is 8.05.